The summed E-state index contributed by atoms with van der Waals surface area (Å²) >= 11 is 3.24. The number of thioether (sulfide) groups is 1. The fourth-order valence-electron chi connectivity index (χ4n) is 4.67. The van der Waals surface area contributed by atoms with Crippen LogP contribution in [0.25, 0.3) is 16.9 Å². The molecule has 0 bridgehead atoms. The zero-order valence-corrected chi connectivity index (χ0v) is 23.7. The van der Waals surface area contributed by atoms with Gasteiger partial charge < -0.3 is 5.32 Å². The molecule has 0 saturated carbocycles. The number of amides is 2. The number of carbonyl (C=O) groups is 2. The molecule has 2 amide bonds. The number of nitrogens with zero attached hydrogens (tertiary/aromatic N) is 3. The van der Waals surface area contributed by atoms with Crippen LogP contribution in [0, 0.1) is 19.8 Å². The number of anilines is 1. The lowest BCUT2D eigenvalue weighted by molar-refractivity contribution is -0.123. The normalized spacial score (nSPS) is 15.4. The van der Waals surface area contributed by atoms with Gasteiger partial charge in [-0.2, -0.15) is 16.4 Å². The molecular formula is C30H32N4O2S2. The number of benzene rings is 2. The van der Waals surface area contributed by atoms with E-state index in [9.17, 15) is 9.59 Å². The predicted octanol–water partition coefficient (Wildman–Crippen LogP) is 6.16. The molecule has 3 heterocycles. The van der Waals surface area contributed by atoms with Crippen molar-refractivity contribution in [2.75, 3.05) is 23.7 Å². The lowest BCUT2D eigenvalue weighted by Gasteiger charge is -2.24. The van der Waals surface area contributed by atoms with Crippen molar-refractivity contribution in [1.82, 2.24) is 15.1 Å². The summed E-state index contributed by atoms with van der Waals surface area (Å²) in [5, 5.41) is 12.3. The van der Waals surface area contributed by atoms with Crippen molar-refractivity contribution in [3.63, 3.8) is 0 Å². The highest BCUT2D eigenvalue weighted by molar-refractivity contribution is 8.00. The fraction of sp³-hybridized carbons (Fsp3) is 0.300. The molecule has 6 nitrogen and oxygen atoms in total. The summed E-state index contributed by atoms with van der Waals surface area (Å²) < 4.78 is 1.89. The maximum atomic E-state index is 13.7. The van der Waals surface area contributed by atoms with Crippen LogP contribution in [0.15, 0.2) is 65.4 Å². The number of fused-ring (bicyclic) bond motifs is 1. The highest BCUT2D eigenvalue weighted by atomic mass is 32.2. The Labute approximate surface area is 232 Å². The van der Waals surface area contributed by atoms with Crippen molar-refractivity contribution < 1.29 is 9.59 Å². The molecule has 1 N–H and O–H groups in total. The van der Waals surface area contributed by atoms with E-state index in [1.165, 1.54) is 0 Å². The summed E-state index contributed by atoms with van der Waals surface area (Å²) in [6, 6.07) is 18.3. The van der Waals surface area contributed by atoms with E-state index >= 15 is 0 Å². The minimum Gasteiger partial charge on any atom is -0.354 e. The van der Waals surface area contributed by atoms with Crippen LogP contribution < -0.4 is 10.2 Å². The first kappa shape index (κ1) is 26.3. The summed E-state index contributed by atoms with van der Waals surface area (Å²) in [6.07, 6.45) is 0. The molecule has 0 unspecified atom stereocenters. The van der Waals surface area contributed by atoms with E-state index in [0.29, 0.717) is 18.3 Å². The fourth-order valence-corrected chi connectivity index (χ4v) is 6.63. The summed E-state index contributed by atoms with van der Waals surface area (Å²) in [5.74, 6) is 0.987. The molecule has 5 rings (SSSR count). The van der Waals surface area contributed by atoms with Gasteiger partial charge in [0.1, 0.15) is 12.4 Å². The third-order valence-electron chi connectivity index (χ3n) is 6.80. The Hall–Kier alpha value is -3.36. The number of aromatic nitrogens is 2. The Kier molecular flexibility index (Phi) is 7.72. The Morgan fingerprint density at radius 3 is 2.61 bits per heavy atom. The van der Waals surface area contributed by atoms with Crippen LogP contribution in [0.4, 0.5) is 5.82 Å². The Balaban J connectivity index is 1.78. The first-order valence-corrected chi connectivity index (χ1v) is 14.8. The van der Waals surface area contributed by atoms with Crippen molar-refractivity contribution in [3.8, 4) is 16.9 Å². The number of hydrogen-bond acceptors (Lipinski definition) is 5. The molecule has 0 saturated heterocycles. The second kappa shape index (κ2) is 11.2. The van der Waals surface area contributed by atoms with Crippen molar-refractivity contribution in [2.24, 2.45) is 5.92 Å². The molecule has 0 radical (unpaired) electrons. The van der Waals surface area contributed by atoms with Crippen LogP contribution in [0.3, 0.4) is 0 Å². The second-order valence-electron chi connectivity index (χ2n) is 10.0. The maximum absolute atomic E-state index is 13.7. The molecule has 1 atom stereocenters. The van der Waals surface area contributed by atoms with Gasteiger partial charge in [0.25, 0.3) is 0 Å². The Morgan fingerprint density at radius 2 is 1.89 bits per heavy atom. The first-order chi connectivity index (χ1) is 18.3. The highest BCUT2D eigenvalue weighted by Crippen LogP contribution is 2.49. The monoisotopic (exact) mass is 544 g/mol. The Morgan fingerprint density at radius 1 is 1.11 bits per heavy atom. The van der Waals surface area contributed by atoms with Crippen LogP contribution in [0.2, 0.25) is 0 Å². The third-order valence-corrected chi connectivity index (χ3v) is 8.75. The van der Waals surface area contributed by atoms with Crippen LogP contribution in [0.5, 0.6) is 0 Å². The van der Waals surface area contributed by atoms with E-state index in [-0.39, 0.29) is 29.4 Å². The van der Waals surface area contributed by atoms with E-state index in [2.05, 4.69) is 68.0 Å². The number of aryl methyl sites for hydroxylation is 1. The number of hydrogen-bond donors (Lipinski definition) is 1. The van der Waals surface area contributed by atoms with Crippen molar-refractivity contribution >= 4 is 40.7 Å². The number of thiophene rings is 1. The van der Waals surface area contributed by atoms with Gasteiger partial charge in [0.2, 0.25) is 11.8 Å². The van der Waals surface area contributed by atoms with Crippen molar-refractivity contribution in [3.05, 3.63) is 87.6 Å². The number of rotatable bonds is 7. The number of carbonyl (C=O) groups excluding carboxylic acids is 2. The smallest absolute Gasteiger partial charge is 0.240 e. The second-order valence-corrected chi connectivity index (χ2v) is 11.9. The SMILES string of the molecule is Cc1cccc(-n2nc(-c3ccccc3)c3c2N(CC(=O)NCC(C)C)C(=O)CS[C@H]3c2ccsc2)c1C. The minimum atomic E-state index is -0.174. The average Bonchev–Trinajstić information content (AvgIpc) is 3.55. The molecule has 1 aliphatic heterocycles. The van der Waals surface area contributed by atoms with Gasteiger partial charge in [0.15, 0.2) is 0 Å². The average molecular weight is 545 g/mol. The van der Waals surface area contributed by atoms with Gasteiger partial charge in [0, 0.05) is 17.7 Å². The van der Waals surface area contributed by atoms with Gasteiger partial charge in [-0.05, 0) is 59.3 Å². The summed E-state index contributed by atoms with van der Waals surface area (Å²) in [5.41, 5.74) is 7.02. The molecule has 196 valence electrons. The molecule has 4 aromatic rings. The summed E-state index contributed by atoms with van der Waals surface area (Å²) in [7, 11) is 0. The van der Waals surface area contributed by atoms with Gasteiger partial charge in [-0.15, -0.1) is 11.8 Å². The zero-order valence-electron chi connectivity index (χ0n) is 22.1. The van der Waals surface area contributed by atoms with Gasteiger partial charge >= 0.3 is 0 Å². The molecule has 0 aliphatic carbocycles. The molecule has 0 spiro atoms. The van der Waals surface area contributed by atoms with E-state index in [1.807, 2.05) is 35.0 Å². The van der Waals surface area contributed by atoms with E-state index in [1.54, 1.807) is 28.0 Å². The number of nitrogens with one attached hydrogen (secondary N) is 1. The van der Waals surface area contributed by atoms with Crippen LogP contribution >= 0.6 is 23.1 Å². The van der Waals surface area contributed by atoms with Gasteiger partial charge in [-0.25, -0.2) is 4.68 Å². The standard InChI is InChI=1S/C30H32N4O2S2/c1-19(2)15-31-25(35)16-33-26(36)18-38-29(23-13-14-37-17-23)27-28(22-10-6-5-7-11-22)32-34(30(27)33)24-12-8-9-20(3)21(24)4/h5-14,17,19,29H,15-16,18H2,1-4H3,(H,31,35)/t29-/m0/s1. The van der Waals surface area contributed by atoms with Crippen molar-refractivity contribution in [1.29, 1.82) is 0 Å². The zero-order chi connectivity index (χ0) is 26.8. The van der Waals surface area contributed by atoms with Crippen molar-refractivity contribution in [2.45, 2.75) is 32.9 Å². The van der Waals surface area contributed by atoms with E-state index in [4.69, 9.17) is 5.10 Å². The molecular weight excluding hydrogens is 512 g/mol. The third kappa shape index (κ3) is 5.15. The summed E-state index contributed by atoms with van der Waals surface area (Å²) in [6.45, 7) is 8.76. The van der Waals surface area contributed by atoms with Gasteiger partial charge in [-0.1, -0.05) is 56.3 Å². The predicted molar refractivity (Wildman–Crippen MR) is 157 cm³/mol. The maximum Gasteiger partial charge on any atom is 0.240 e. The molecule has 2 aromatic heterocycles. The lowest BCUT2D eigenvalue weighted by atomic mass is 10.0. The van der Waals surface area contributed by atoms with Crippen LogP contribution in [-0.2, 0) is 9.59 Å². The van der Waals surface area contributed by atoms with E-state index in [0.717, 1.165) is 39.2 Å². The topological polar surface area (TPSA) is 67.2 Å². The lowest BCUT2D eigenvalue weighted by Crippen LogP contribution is -2.43. The summed E-state index contributed by atoms with van der Waals surface area (Å²) in [4.78, 5) is 28.5. The van der Waals surface area contributed by atoms with E-state index < -0.39 is 0 Å². The Bertz CT molecular complexity index is 1440. The first-order valence-electron chi connectivity index (χ1n) is 12.8. The van der Waals surface area contributed by atoms with Gasteiger partial charge in [-0.3, -0.25) is 14.5 Å². The molecule has 2 aromatic carbocycles. The molecule has 8 heteroatoms. The van der Waals surface area contributed by atoms with Crippen LogP contribution in [-0.4, -0.2) is 40.4 Å². The molecule has 1 aliphatic rings. The van der Waals surface area contributed by atoms with Gasteiger partial charge in [0.05, 0.1) is 22.4 Å². The molecule has 0 fully saturated rings. The minimum absolute atomic E-state index is 0.0553. The molecule has 38 heavy (non-hydrogen) atoms. The van der Waals surface area contributed by atoms with Crippen LogP contribution in [0.1, 0.15) is 41.4 Å². The largest absolute Gasteiger partial charge is 0.354 e. The quantitative estimate of drug-likeness (QED) is 0.303. The highest BCUT2D eigenvalue weighted by Gasteiger charge is 2.38.